The molecule has 1 rings (SSSR count). The number of pyridine rings is 1. The smallest absolute Gasteiger partial charge is 0.307 e. The highest BCUT2D eigenvalue weighted by atomic mass is 79.9. The Kier molecular flexibility index (Phi) is 4.41. The van der Waals surface area contributed by atoms with Crippen LogP contribution in [0.4, 0.5) is 0 Å². The summed E-state index contributed by atoms with van der Waals surface area (Å²) >= 11 is 4.74. The Bertz CT molecular complexity index is 315. The van der Waals surface area contributed by atoms with Gasteiger partial charge in [0.15, 0.2) is 0 Å². The second-order valence-corrected chi connectivity index (χ2v) is 4.82. The van der Waals surface area contributed by atoms with Gasteiger partial charge in [0.05, 0.1) is 10.9 Å². The molecule has 0 fully saturated rings. The Labute approximate surface area is 95.1 Å². The monoisotopic (exact) mass is 275 g/mol. The molecule has 0 amide bonds. The fourth-order valence-electron chi connectivity index (χ4n) is 0.729. The number of hydrogen-bond donors (Lipinski definition) is 1. The maximum atomic E-state index is 10.5. The van der Waals surface area contributed by atoms with Crippen LogP contribution in [-0.4, -0.2) is 21.8 Å². The number of hydrogen-bond acceptors (Lipinski definition) is 3. The van der Waals surface area contributed by atoms with Crippen molar-refractivity contribution in [1.29, 1.82) is 0 Å². The molecule has 1 N–H and O–H groups in total. The highest BCUT2D eigenvalue weighted by molar-refractivity contribution is 9.10. The molecule has 0 aliphatic heterocycles. The van der Waals surface area contributed by atoms with Crippen molar-refractivity contribution in [3.8, 4) is 0 Å². The molecule has 3 nitrogen and oxygen atoms in total. The lowest BCUT2D eigenvalue weighted by molar-refractivity contribution is -0.140. The number of aromatic nitrogens is 1. The van der Waals surface area contributed by atoms with Crippen LogP contribution in [0.25, 0.3) is 0 Å². The summed E-state index contributed by atoms with van der Waals surface area (Å²) < 4.78 is 0.924. The molecular weight excluding hydrogens is 266 g/mol. The van der Waals surface area contributed by atoms with Crippen LogP contribution >= 0.6 is 27.7 Å². The van der Waals surface area contributed by atoms with Gasteiger partial charge in [0.25, 0.3) is 0 Å². The highest BCUT2D eigenvalue weighted by Gasteiger charge is 2.11. The number of carboxylic acid groups (broad SMARTS) is 1. The summed E-state index contributed by atoms with van der Waals surface area (Å²) in [6, 6.07) is 3.75. The zero-order valence-corrected chi connectivity index (χ0v) is 10.0. The zero-order chi connectivity index (χ0) is 10.6. The molecule has 0 aliphatic carbocycles. The van der Waals surface area contributed by atoms with E-state index in [1.165, 1.54) is 11.8 Å². The summed E-state index contributed by atoms with van der Waals surface area (Å²) in [4.78, 5) is 14.7. The summed E-state index contributed by atoms with van der Waals surface area (Å²) in [5.74, 6) is -0.565. The summed E-state index contributed by atoms with van der Waals surface area (Å²) in [7, 11) is 0. The van der Waals surface area contributed by atoms with Crippen molar-refractivity contribution in [3.05, 3.63) is 22.8 Å². The van der Waals surface area contributed by atoms with Crippen LogP contribution in [0, 0.1) is 5.92 Å². The van der Waals surface area contributed by atoms with Gasteiger partial charge in [0.2, 0.25) is 0 Å². The Morgan fingerprint density at radius 3 is 2.93 bits per heavy atom. The summed E-state index contributed by atoms with van der Waals surface area (Å²) in [5, 5.41) is 9.51. The predicted molar refractivity (Wildman–Crippen MR) is 59.5 cm³/mol. The maximum Gasteiger partial charge on any atom is 0.307 e. The number of nitrogens with zero attached hydrogens (tertiary/aromatic N) is 1. The number of carboxylic acids is 1. The Morgan fingerprint density at radius 1 is 1.71 bits per heavy atom. The zero-order valence-electron chi connectivity index (χ0n) is 7.61. The SMILES string of the molecule is CC(CSc1ccc(Br)cn1)C(=O)O. The predicted octanol–water partition coefficient (Wildman–Crippen LogP) is 2.66. The quantitative estimate of drug-likeness (QED) is 0.859. The fourth-order valence-corrected chi connectivity index (χ4v) is 1.82. The van der Waals surface area contributed by atoms with E-state index in [0.29, 0.717) is 5.75 Å². The number of aliphatic carboxylic acids is 1. The van der Waals surface area contributed by atoms with Crippen molar-refractivity contribution in [2.45, 2.75) is 11.9 Å². The van der Waals surface area contributed by atoms with E-state index in [2.05, 4.69) is 20.9 Å². The fraction of sp³-hybridized carbons (Fsp3) is 0.333. The molecule has 0 spiro atoms. The highest BCUT2D eigenvalue weighted by Crippen LogP contribution is 2.19. The summed E-state index contributed by atoms with van der Waals surface area (Å²) in [6.07, 6.45) is 1.70. The molecule has 0 bridgehead atoms. The van der Waals surface area contributed by atoms with Gasteiger partial charge in [-0.15, -0.1) is 11.8 Å². The Hall–Kier alpha value is -0.550. The number of thioether (sulfide) groups is 1. The lowest BCUT2D eigenvalue weighted by Gasteiger charge is -2.04. The van der Waals surface area contributed by atoms with Crippen molar-refractivity contribution in [3.63, 3.8) is 0 Å². The average molecular weight is 276 g/mol. The van der Waals surface area contributed by atoms with E-state index >= 15 is 0 Å². The molecule has 0 saturated heterocycles. The van der Waals surface area contributed by atoms with E-state index in [-0.39, 0.29) is 5.92 Å². The Balaban J connectivity index is 2.46. The molecule has 0 aromatic carbocycles. The third-order valence-electron chi connectivity index (χ3n) is 1.60. The van der Waals surface area contributed by atoms with Gasteiger partial charge in [-0.1, -0.05) is 6.92 Å². The van der Waals surface area contributed by atoms with Gasteiger partial charge in [-0.05, 0) is 28.1 Å². The van der Waals surface area contributed by atoms with Crippen LogP contribution in [0.5, 0.6) is 0 Å². The van der Waals surface area contributed by atoms with E-state index in [0.717, 1.165) is 9.50 Å². The van der Waals surface area contributed by atoms with Gasteiger partial charge in [-0.3, -0.25) is 4.79 Å². The van der Waals surface area contributed by atoms with Crippen molar-refractivity contribution in [2.75, 3.05) is 5.75 Å². The molecule has 5 heteroatoms. The first kappa shape index (κ1) is 11.5. The van der Waals surface area contributed by atoms with Crippen LogP contribution in [-0.2, 0) is 4.79 Å². The number of carbonyl (C=O) groups is 1. The van der Waals surface area contributed by atoms with Crippen molar-refractivity contribution >= 4 is 33.7 Å². The van der Waals surface area contributed by atoms with Crippen LogP contribution in [0.2, 0.25) is 0 Å². The standard InChI is InChI=1S/C9H10BrNO2S/c1-6(9(12)13)5-14-8-3-2-7(10)4-11-8/h2-4,6H,5H2,1H3,(H,12,13). The first-order valence-corrected chi connectivity index (χ1v) is 5.84. The molecular formula is C9H10BrNO2S. The molecule has 1 heterocycles. The lowest BCUT2D eigenvalue weighted by Crippen LogP contribution is -2.11. The summed E-state index contributed by atoms with van der Waals surface area (Å²) in [6.45, 7) is 1.69. The lowest BCUT2D eigenvalue weighted by atomic mass is 10.2. The first-order chi connectivity index (χ1) is 6.59. The topological polar surface area (TPSA) is 50.2 Å². The maximum absolute atomic E-state index is 10.5. The molecule has 76 valence electrons. The van der Waals surface area contributed by atoms with Gasteiger partial charge >= 0.3 is 5.97 Å². The van der Waals surface area contributed by atoms with E-state index in [4.69, 9.17) is 5.11 Å². The third-order valence-corrected chi connectivity index (χ3v) is 3.28. The molecule has 1 unspecified atom stereocenters. The minimum absolute atomic E-state index is 0.342. The second kappa shape index (κ2) is 5.36. The van der Waals surface area contributed by atoms with Crippen molar-refractivity contribution < 1.29 is 9.90 Å². The van der Waals surface area contributed by atoms with Crippen LogP contribution in [0.3, 0.4) is 0 Å². The summed E-state index contributed by atoms with van der Waals surface area (Å²) in [5.41, 5.74) is 0. The molecule has 1 atom stereocenters. The molecule has 0 saturated carbocycles. The van der Waals surface area contributed by atoms with Gasteiger partial charge in [-0.2, -0.15) is 0 Å². The minimum atomic E-state index is -0.769. The van der Waals surface area contributed by atoms with E-state index in [9.17, 15) is 4.79 Å². The van der Waals surface area contributed by atoms with Crippen molar-refractivity contribution in [1.82, 2.24) is 4.98 Å². The number of rotatable bonds is 4. The normalized spacial score (nSPS) is 12.4. The van der Waals surface area contributed by atoms with E-state index in [1.54, 1.807) is 13.1 Å². The molecule has 1 aromatic heterocycles. The van der Waals surface area contributed by atoms with Crippen LogP contribution in [0.1, 0.15) is 6.92 Å². The third kappa shape index (κ3) is 3.67. The largest absolute Gasteiger partial charge is 0.481 e. The van der Waals surface area contributed by atoms with Gasteiger partial charge in [0, 0.05) is 16.4 Å². The van der Waals surface area contributed by atoms with E-state index in [1.807, 2.05) is 12.1 Å². The number of halogens is 1. The second-order valence-electron chi connectivity index (χ2n) is 2.86. The minimum Gasteiger partial charge on any atom is -0.481 e. The van der Waals surface area contributed by atoms with Crippen LogP contribution in [0.15, 0.2) is 27.8 Å². The molecule has 0 aliphatic rings. The van der Waals surface area contributed by atoms with Crippen molar-refractivity contribution in [2.24, 2.45) is 5.92 Å². The van der Waals surface area contributed by atoms with Gasteiger partial charge in [-0.25, -0.2) is 4.98 Å². The van der Waals surface area contributed by atoms with Crippen LogP contribution < -0.4 is 0 Å². The van der Waals surface area contributed by atoms with Gasteiger partial charge < -0.3 is 5.11 Å². The van der Waals surface area contributed by atoms with E-state index < -0.39 is 5.97 Å². The average Bonchev–Trinajstić information content (AvgIpc) is 2.16. The van der Waals surface area contributed by atoms with Gasteiger partial charge in [0.1, 0.15) is 0 Å². The first-order valence-electron chi connectivity index (χ1n) is 4.06. The molecule has 0 radical (unpaired) electrons. The molecule has 1 aromatic rings. The molecule has 14 heavy (non-hydrogen) atoms. The Morgan fingerprint density at radius 2 is 2.43 bits per heavy atom.